The van der Waals surface area contributed by atoms with Crippen LogP contribution < -0.4 is 19.5 Å². The molecule has 0 aliphatic heterocycles. The lowest BCUT2D eigenvalue weighted by Crippen LogP contribution is -2.15. The summed E-state index contributed by atoms with van der Waals surface area (Å²) in [6.07, 6.45) is 0. The summed E-state index contributed by atoms with van der Waals surface area (Å²) in [7, 11) is 1.55. The van der Waals surface area contributed by atoms with Crippen molar-refractivity contribution in [2.45, 2.75) is 6.92 Å². The molecule has 0 aliphatic carbocycles. The summed E-state index contributed by atoms with van der Waals surface area (Å²) >= 11 is 7.54. The van der Waals surface area contributed by atoms with Gasteiger partial charge in [0, 0.05) is 11.4 Å². The number of anilines is 1. The number of carbonyl (C=O) groups excluding carboxylic acids is 1. The first kappa shape index (κ1) is 20.3. The number of hydrogen-bond acceptors (Lipinski definition) is 5. The second-order valence-corrected chi connectivity index (χ2v) is 6.72. The van der Waals surface area contributed by atoms with E-state index in [1.807, 2.05) is 31.2 Å². The van der Waals surface area contributed by atoms with Gasteiger partial charge in [-0.2, -0.15) is 0 Å². The lowest BCUT2D eigenvalue weighted by atomic mass is 10.3. The summed E-state index contributed by atoms with van der Waals surface area (Å²) < 4.78 is 16.1. The second kappa shape index (κ2) is 10.8. The standard InChI is InChI=1S/C19H22ClNO4S/c1-3-24-15-5-7-16(8-6-15)25-10-11-26-13-19(22)21-14-4-9-18(23-2)17(20)12-14/h4-9,12H,3,10-11,13H2,1-2H3,(H,21,22). The van der Waals surface area contributed by atoms with E-state index in [0.29, 0.717) is 41.2 Å². The molecule has 0 aromatic heterocycles. The van der Waals surface area contributed by atoms with E-state index in [1.165, 1.54) is 11.8 Å². The third kappa shape index (κ3) is 6.69. The topological polar surface area (TPSA) is 56.8 Å². The Morgan fingerprint density at radius 3 is 2.42 bits per heavy atom. The Bertz CT molecular complexity index is 709. The number of benzene rings is 2. The number of hydrogen-bond donors (Lipinski definition) is 1. The van der Waals surface area contributed by atoms with Gasteiger partial charge in [-0.1, -0.05) is 11.6 Å². The summed E-state index contributed by atoms with van der Waals surface area (Å²) in [5.41, 5.74) is 0.645. The zero-order valence-corrected chi connectivity index (χ0v) is 16.4. The van der Waals surface area contributed by atoms with Crippen molar-refractivity contribution in [3.63, 3.8) is 0 Å². The van der Waals surface area contributed by atoms with Gasteiger partial charge < -0.3 is 19.5 Å². The predicted octanol–water partition coefficient (Wildman–Crippen LogP) is 4.50. The Morgan fingerprint density at radius 1 is 1.12 bits per heavy atom. The normalized spacial score (nSPS) is 10.3. The smallest absolute Gasteiger partial charge is 0.234 e. The summed E-state index contributed by atoms with van der Waals surface area (Å²) in [4.78, 5) is 11.9. The van der Waals surface area contributed by atoms with Gasteiger partial charge >= 0.3 is 0 Å². The fourth-order valence-electron chi connectivity index (χ4n) is 2.12. The fourth-order valence-corrected chi connectivity index (χ4v) is 2.98. The van der Waals surface area contributed by atoms with Crippen molar-refractivity contribution in [1.82, 2.24) is 0 Å². The molecule has 1 N–H and O–H groups in total. The summed E-state index contributed by atoms with van der Waals surface area (Å²) in [5.74, 6) is 3.15. The molecule has 0 bridgehead atoms. The second-order valence-electron chi connectivity index (χ2n) is 5.20. The summed E-state index contributed by atoms with van der Waals surface area (Å²) in [6.45, 7) is 3.11. The van der Waals surface area contributed by atoms with Gasteiger partial charge in [-0.25, -0.2) is 0 Å². The van der Waals surface area contributed by atoms with E-state index in [1.54, 1.807) is 25.3 Å². The number of rotatable bonds is 10. The van der Waals surface area contributed by atoms with E-state index >= 15 is 0 Å². The molecule has 5 nitrogen and oxygen atoms in total. The van der Waals surface area contributed by atoms with E-state index in [2.05, 4.69) is 5.32 Å². The SMILES string of the molecule is CCOc1ccc(OCCSCC(=O)Nc2ccc(OC)c(Cl)c2)cc1. The molecule has 2 aromatic carbocycles. The van der Waals surface area contributed by atoms with Crippen molar-refractivity contribution in [2.75, 3.05) is 37.1 Å². The van der Waals surface area contributed by atoms with Gasteiger partial charge in [-0.15, -0.1) is 11.8 Å². The highest BCUT2D eigenvalue weighted by molar-refractivity contribution is 7.99. The number of amides is 1. The molecule has 0 saturated heterocycles. The van der Waals surface area contributed by atoms with E-state index < -0.39 is 0 Å². The first-order chi connectivity index (χ1) is 12.6. The maximum absolute atomic E-state index is 11.9. The van der Waals surface area contributed by atoms with Gasteiger partial charge in [0.2, 0.25) is 5.91 Å². The maximum Gasteiger partial charge on any atom is 0.234 e. The lowest BCUT2D eigenvalue weighted by molar-refractivity contribution is -0.113. The summed E-state index contributed by atoms with van der Waals surface area (Å²) in [6, 6.07) is 12.6. The van der Waals surface area contributed by atoms with Crippen molar-refractivity contribution in [1.29, 1.82) is 0 Å². The maximum atomic E-state index is 11.9. The minimum Gasteiger partial charge on any atom is -0.495 e. The van der Waals surface area contributed by atoms with Crippen molar-refractivity contribution in [3.05, 3.63) is 47.5 Å². The van der Waals surface area contributed by atoms with E-state index in [-0.39, 0.29) is 5.91 Å². The molecule has 7 heteroatoms. The summed E-state index contributed by atoms with van der Waals surface area (Å²) in [5, 5.41) is 3.27. The van der Waals surface area contributed by atoms with Crippen LogP contribution in [-0.2, 0) is 4.79 Å². The molecule has 0 radical (unpaired) electrons. The first-order valence-corrected chi connectivity index (χ1v) is 9.72. The van der Waals surface area contributed by atoms with Crippen LogP contribution in [0.25, 0.3) is 0 Å². The first-order valence-electron chi connectivity index (χ1n) is 8.19. The van der Waals surface area contributed by atoms with Crippen LogP contribution in [0.15, 0.2) is 42.5 Å². The van der Waals surface area contributed by atoms with Gasteiger partial charge in [0.1, 0.15) is 17.2 Å². The highest BCUT2D eigenvalue weighted by Gasteiger charge is 2.06. The van der Waals surface area contributed by atoms with Gasteiger partial charge in [-0.3, -0.25) is 4.79 Å². The van der Waals surface area contributed by atoms with Gasteiger partial charge in [-0.05, 0) is 49.4 Å². The molecule has 0 unspecified atom stereocenters. The number of nitrogens with one attached hydrogen (secondary N) is 1. The quantitative estimate of drug-likeness (QED) is 0.600. The van der Waals surface area contributed by atoms with Crippen LogP contribution in [-0.4, -0.2) is 37.7 Å². The average molecular weight is 396 g/mol. The number of methoxy groups -OCH3 is 1. The molecule has 26 heavy (non-hydrogen) atoms. The molecule has 0 fully saturated rings. The molecule has 0 aliphatic rings. The van der Waals surface area contributed by atoms with Gasteiger partial charge in [0.05, 0.1) is 31.1 Å². The van der Waals surface area contributed by atoms with E-state index in [9.17, 15) is 4.79 Å². The minimum atomic E-state index is -0.0858. The Hall–Kier alpha value is -2.05. The fraction of sp³-hybridized carbons (Fsp3) is 0.316. The van der Waals surface area contributed by atoms with Crippen LogP contribution in [0.1, 0.15) is 6.92 Å². The minimum absolute atomic E-state index is 0.0858. The Morgan fingerprint density at radius 2 is 1.81 bits per heavy atom. The molecule has 2 rings (SSSR count). The monoisotopic (exact) mass is 395 g/mol. The molecule has 0 saturated carbocycles. The van der Waals surface area contributed by atoms with Crippen LogP contribution in [0.3, 0.4) is 0 Å². The van der Waals surface area contributed by atoms with Crippen LogP contribution in [0, 0.1) is 0 Å². The van der Waals surface area contributed by atoms with Crippen LogP contribution in [0.5, 0.6) is 17.2 Å². The molecule has 0 spiro atoms. The van der Waals surface area contributed by atoms with E-state index in [4.69, 9.17) is 25.8 Å². The largest absolute Gasteiger partial charge is 0.495 e. The van der Waals surface area contributed by atoms with Crippen molar-refractivity contribution < 1.29 is 19.0 Å². The average Bonchev–Trinajstić information content (AvgIpc) is 2.63. The number of carbonyl (C=O) groups is 1. The zero-order valence-electron chi connectivity index (χ0n) is 14.8. The number of ether oxygens (including phenoxy) is 3. The third-order valence-corrected chi connectivity index (χ3v) is 4.52. The Balaban J connectivity index is 1.64. The van der Waals surface area contributed by atoms with Crippen LogP contribution >= 0.6 is 23.4 Å². The van der Waals surface area contributed by atoms with Crippen LogP contribution in [0.4, 0.5) is 5.69 Å². The van der Waals surface area contributed by atoms with Crippen molar-refractivity contribution in [3.8, 4) is 17.2 Å². The molecule has 0 heterocycles. The molecule has 140 valence electrons. The van der Waals surface area contributed by atoms with Crippen molar-refractivity contribution in [2.24, 2.45) is 0 Å². The Labute approximate surface area is 163 Å². The lowest BCUT2D eigenvalue weighted by Gasteiger charge is -2.09. The van der Waals surface area contributed by atoms with Crippen LogP contribution in [0.2, 0.25) is 5.02 Å². The van der Waals surface area contributed by atoms with Crippen molar-refractivity contribution >= 4 is 35.0 Å². The number of halogens is 1. The molecule has 2 aromatic rings. The highest BCUT2D eigenvalue weighted by atomic mass is 35.5. The predicted molar refractivity (Wildman–Crippen MR) is 107 cm³/mol. The third-order valence-electron chi connectivity index (χ3n) is 3.30. The molecular formula is C19H22ClNO4S. The van der Waals surface area contributed by atoms with Gasteiger partial charge in [0.15, 0.2) is 0 Å². The molecule has 1 amide bonds. The highest BCUT2D eigenvalue weighted by Crippen LogP contribution is 2.27. The van der Waals surface area contributed by atoms with Gasteiger partial charge in [0.25, 0.3) is 0 Å². The molecule has 0 atom stereocenters. The Kier molecular flexibility index (Phi) is 8.44. The van der Waals surface area contributed by atoms with E-state index in [0.717, 1.165) is 11.5 Å². The molecular weight excluding hydrogens is 374 g/mol. The zero-order chi connectivity index (χ0) is 18.8. The number of thioether (sulfide) groups is 1.